The zero-order valence-corrected chi connectivity index (χ0v) is 15.3. The number of oxazole rings is 1. The Balaban J connectivity index is 1.72. The van der Waals surface area contributed by atoms with E-state index in [2.05, 4.69) is 4.98 Å². The second-order valence-corrected chi connectivity index (χ2v) is 7.39. The molecule has 0 N–H and O–H groups in total. The van der Waals surface area contributed by atoms with E-state index in [1.807, 2.05) is 32.7 Å². The van der Waals surface area contributed by atoms with Gasteiger partial charge >= 0.3 is 6.09 Å². The number of benzene rings is 1. The Kier molecular flexibility index (Phi) is 4.47. The summed E-state index contributed by atoms with van der Waals surface area (Å²) >= 11 is 0. The molecule has 0 spiro atoms. The average molecular weight is 362 g/mol. The second kappa shape index (κ2) is 6.47. The first-order chi connectivity index (χ1) is 12.1. The van der Waals surface area contributed by atoms with Crippen molar-refractivity contribution in [3.05, 3.63) is 28.3 Å². The normalized spacial score (nSPS) is 17.5. The number of ether oxygens (including phenoxy) is 1. The van der Waals surface area contributed by atoms with Gasteiger partial charge in [-0.3, -0.25) is 10.1 Å². The number of hydrogen-bond donors (Lipinski definition) is 0. The highest BCUT2D eigenvalue weighted by molar-refractivity contribution is 5.77. The van der Waals surface area contributed by atoms with Gasteiger partial charge in [-0.2, -0.15) is 4.98 Å². The minimum Gasteiger partial charge on any atom is -0.444 e. The van der Waals surface area contributed by atoms with Gasteiger partial charge in [-0.15, -0.1) is 0 Å². The fourth-order valence-electron chi connectivity index (χ4n) is 2.87. The molecule has 26 heavy (non-hydrogen) atoms. The molecule has 1 amide bonds. The van der Waals surface area contributed by atoms with E-state index in [1.54, 1.807) is 11.0 Å². The van der Waals surface area contributed by atoms with Gasteiger partial charge in [0.2, 0.25) is 0 Å². The van der Waals surface area contributed by atoms with Crippen molar-refractivity contribution in [1.29, 1.82) is 0 Å². The third-order valence-corrected chi connectivity index (χ3v) is 4.24. The molecular formula is C17H22N4O5. The fraction of sp³-hybridized carbons (Fsp3) is 0.529. The number of non-ortho nitro benzene ring substituents is 1. The monoisotopic (exact) mass is 362 g/mol. The number of amides is 1. The summed E-state index contributed by atoms with van der Waals surface area (Å²) in [5.74, 6) is 0. The third kappa shape index (κ3) is 3.71. The summed E-state index contributed by atoms with van der Waals surface area (Å²) in [6, 6.07) is 4.72. The van der Waals surface area contributed by atoms with Crippen molar-refractivity contribution in [2.45, 2.75) is 38.8 Å². The molecule has 1 aromatic carbocycles. The summed E-state index contributed by atoms with van der Waals surface area (Å²) in [5.41, 5.74) is 0.357. The molecule has 0 saturated carbocycles. The minimum absolute atomic E-state index is 0.0306. The molecular weight excluding hydrogens is 340 g/mol. The molecule has 1 aliphatic heterocycles. The van der Waals surface area contributed by atoms with E-state index in [-0.39, 0.29) is 17.8 Å². The molecule has 1 saturated heterocycles. The highest BCUT2D eigenvalue weighted by atomic mass is 16.6. The number of likely N-dealkylation sites (tertiary alicyclic amines) is 1. The van der Waals surface area contributed by atoms with Gasteiger partial charge in [0.1, 0.15) is 11.1 Å². The van der Waals surface area contributed by atoms with E-state index < -0.39 is 10.5 Å². The summed E-state index contributed by atoms with van der Waals surface area (Å²) in [5, 5.41) is 10.9. The van der Waals surface area contributed by atoms with Crippen molar-refractivity contribution < 1.29 is 18.9 Å². The van der Waals surface area contributed by atoms with Crippen LogP contribution >= 0.6 is 0 Å². The van der Waals surface area contributed by atoms with Gasteiger partial charge in [0.25, 0.3) is 11.7 Å². The molecule has 3 rings (SSSR count). The number of nitrogens with zero attached hydrogens (tertiary/aromatic N) is 4. The largest absolute Gasteiger partial charge is 0.444 e. The minimum atomic E-state index is -0.532. The predicted molar refractivity (Wildman–Crippen MR) is 95.3 cm³/mol. The first-order valence-corrected chi connectivity index (χ1v) is 8.40. The van der Waals surface area contributed by atoms with Crippen molar-refractivity contribution in [1.82, 2.24) is 9.88 Å². The summed E-state index contributed by atoms with van der Waals surface area (Å²) in [6.07, 6.45) is 0.427. The number of anilines is 1. The summed E-state index contributed by atoms with van der Waals surface area (Å²) in [7, 11) is 1.84. The van der Waals surface area contributed by atoms with Crippen molar-refractivity contribution in [2.24, 2.45) is 0 Å². The van der Waals surface area contributed by atoms with Crippen LogP contribution < -0.4 is 4.90 Å². The van der Waals surface area contributed by atoms with Crippen LogP contribution in [0.5, 0.6) is 0 Å². The van der Waals surface area contributed by atoms with E-state index in [4.69, 9.17) is 9.15 Å². The summed E-state index contributed by atoms with van der Waals surface area (Å²) < 4.78 is 11.1. The molecule has 0 radical (unpaired) electrons. The first-order valence-electron chi connectivity index (χ1n) is 8.40. The maximum atomic E-state index is 12.2. The van der Waals surface area contributed by atoms with Crippen LogP contribution in [0.2, 0.25) is 0 Å². The van der Waals surface area contributed by atoms with E-state index in [0.29, 0.717) is 30.2 Å². The third-order valence-electron chi connectivity index (χ3n) is 4.24. The van der Waals surface area contributed by atoms with Crippen LogP contribution in [0, 0.1) is 10.1 Å². The molecule has 1 aromatic heterocycles. The number of carbonyl (C=O) groups excluding carboxylic acids is 1. The Bertz CT molecular complexity index is 841. The lowest BCUT2D eigenvalue weighted by atomic mass is 10.2. The van der Waals surface area contributed by atoms with Crippen molar-refractivity contribution in [3.8, 4) is 0 Å². The number of likely N-dealkylation sites (N-methyl/N-ethyl adjacent to an activating group) is 1. The molecule has 140 valence electrons. The lowest BCUT2D eigenvalue weighted by molar-refractivity contribution is -0.384. The maximum Gasteiger partial charge on any atom is 0.410 e. The van der Waals surface area contributed by atoms with E-state index in [1.165, 1.54) is 12.1 Å². The van der Waals surface area contributed by atoms with Crippen molar-refractivity contribution in [2.75, 3.05) is 25.0 Å². The number of fused-ring (bicyclic) bond motifs is 1. The van der Waals surface area contributed by atoms with E-state index >= 15 is 0 Å². The number of nitro benzene ring substituents is 1. The Morgan fingerprint density at radius 3 is 2.85 bits per heavy atom. The van der Waals surface area contributed by atoms with Gasteiger partial charge in [0.05, 0.1) is 11.0 Å². The van der Waals surface area contributed by atoms with Crippen LogP contribution in [-0.2, 0) is 4.74 Å². The van der Waals surface area contributed by atoms with Gasteiger partial charge in [0, 0.05) is 32.3 Å². The molecule has 2 heterocycles. The fourth-order valence-corrected chi connectivity index (χ4v) is 2.87. The highest BCUT2D eigenvalue weighted by Gasteiger charge is 2.33. The lowest BCUT2D eigenvalue weighted by Gasteiger charge is -2.26. The Hall–Kier alpha value is -2.84. The van der Waals surface area contributed by atoms with Gasteiger partial charge in [-0.05, 0) is 33.3 Å². The van der Waals surface area contributed by atoms with Crippen LogP contribution in [0.25, 0.3) is 11.1 Å². The van der Waals surface area contributed by atoms with Crippen molar-refractivity contribution in [3.63, 3.8) is 0 Å². The van der Waals surface area contributed by atoms with Gasteiger partial charge in [-0.25, -0.2) is 4.79 Å². The number of nitro groups is 1. The first kappa shape index (κ1) is 18.0. The quantitative estimate of drug-likeness (QED) is 0.610. The van der Waals surface area contributed by atoms with E-state index in [9.17, 15) is 14.9 Å². The molecule has 9 nitrogen and oxygen atoms in total. The standard InChI is InChI=1S/C17H22N4O5/c1-17(2,3)26-16(22)20-8-7-12(10-20)19(4)15-18-13-9-11(21(23)24)5-6-14(13)25-15/h5-6,9,12H,7-8,10H2,1-4H3. The molecule has 0 bridgehead atoms. The summed E-state index contributed by atoms with van der Waals surface area (Å²) in [6.45, 7) is 6.60. The van der Waals surface area contributed by atoms with Gasteiger partial charge < -0.3 is 19.0 Å². The molecule has 2 aromatic rings. The number of hydrogen-bond acceptors (Lipinski definition) is 7. The van der Waals surface area contributed by atoms with Crippen LogP contribution in [0.4, 0.5) is 16.5 Å². The van der Waals surface area contributed by atoms with Gasteiger partial charge in [-0.1, -0.05) is 0 Å². The maximum absolute atomic E-state index is 12.2. The molecule has 1 fully saturated rings. The van der Waals surface area contributed by atoms with Crippen molar-refractivity contribution >= 4 is 28.9 Å². The average Bonchev–Trinajstić information content (AvgIpc) is 3.18. The smallest absolute Gasteiger partial charge is 0.410 e. The van der Waals surface area contributed by atoms with Crippen LogP contribution in [0.1, 0.15) is 27.2 Å². The SMILES string of the molecule is CN(c1nc2cc([N+](=O)[O-])ccc2o1)C1CCN(C(=O)OC(C)(C)C)C1. The Morgan fingerprint density at radius 2 is 2.19 bits per heavy atom. The van der Waals surface area contributed by atoms with Gasteiger partial charge in [0.15, 0.2) is 5.58 Å². The Labute approximate surface area is 150 Å². The molecule has 9 heteroatoms. The zero-order chi connectivity index (χ0) is 19.1. The second-order valence-electron chi connectivity index (χ2n) is 7.39. The number of rotatable bonds is 3. The molecule has 0 aliphatic carbocycles. The molecule has 1 aliphatic rings. The van der Waals surface area contributed by atoms with E-state index in [0.717, 1.165) is 6.42 Å². The highest BCUT2D eigenvalue weighted by Crippen LogP contribution is 2.28. The molecule has 1 unspecified atom stereocenters. The zero-order valence-electron chi connectivity index (χ0n) is 15.3. The number of aromatic nitrogens is 1. The summed E-state index contributed by atoms with van der Waals surface area (Å²) in [4.78, 5) is 30.5. The predicted octanol–water partition coefficient (Wildman–Crippen LogP) is 3.18. The molecule has 1 atom stereocenters. The Morgan fingerprint density at radius 1 is 1.46 bits per heavy atom. The van der Waals surface area contributed by atoms with Crippen LogP contribution in [0.3, 0.4) is 0 Å². The van der Waals surface area contributed by atoms with Crippen LogP contribution in [0.15, 0.2) is 22.6 Å². The number of carbonyl (C=O) groups is 1. The van der Waals surface area contributed by atoms with Crippen LogP contribution in [-0.4, -0.2) is 52.7 Å². The topological polar surface area (TPSA) is 102 Å². The lowest BCUT2D eigenvalue weighted by Crippen LogP contribution is -2.39.